The van der Waals surface area contributed by atoms with Crippen molar-refractivity contribution in [1.29, 1.82) is 0 Å². The molecule has 8 nitrogen and oxygen atoms in total. The molecule has 1 aliphatic heterocycles. The van der Waals surface area contributed by atoms with Gasteiger partial charge in [-0.2, -0.15) is 4.31 Å². The second-order valence-electron chi connectivity index (χ2n) is 7.41. The van der Waals surface area contributed by atoms with Gasteiger partial charge in [0.05, 0.1) is 25.0 Å². The lowest BCUT2D eigenvalue weighted by atomic mass is 10.2. The first-order valence-corrected chi connectivity index (χ1v) is 12.8. The number of hydrogen-bond acceptors (Lipinski definition) is 7. The number of nitrogens with zero attached hydrogens (tertiary/aromatic N) is 2. The van der Waals surface area contributed by atoms with Gasteiger partial charge >= 0.3 is 0 Å². The van der Waals surface area contributed by atoms with Crippen molar-refractivity contribution in [2.45, 2.75) is 37.5 Å². The zero-order valence-corrected chi connectivity index (χ0v) is 19.4. The molecule has 0 saturated carbocycles. The summed E-state index contributed by atoms with van der Waals surface area (Å²) in [5, 5.41) is 5.29. The second-order valence-corrected chi connectivity index (χ2v) is 10.2. The fourth-order valence-corrected chi connectivity index (χ4v) is 6.04. The summed E-state index contributed by atoms with van der Waals surface area (Å²) in [6, 6.07) is 8.31. The van der Waals surface area contributed by atoms with Crippen molar-refractivity contribution in [3.63, 3.8) is 0 Å². The van der Waals surface area contributed by atoms with E-state index in [9.17, 15) is 13.2 Å². The number of nitrogens with one attached hydrogen (secondary N) is 1. The van der Waals surface area contributed by atoms with Gasteiger partial charge in [-0.05, 0) is 50.1 Å². The van der Waals surface area contributed by atoms with Crippen LogP contribution in [-0.4, -0.2) is 43.3 Å². The summed E-state index contributed by atoms with van der Waals surface area (Å²) in [5.41, 5.74) is 1.02. The van der Waals surface area contributed by atoms with Gasteiger partial charge in [0.2, 0.25) is 15.9 Å². The van der Waals surface area contributed by atoms with Crippen LogP contribution in [0.4, 0.5) is 5.69 Å². The van der Waals surface area contributed by atoms with Crippen LogP contribution in [0.25, 0.3) is 10.8 Å². The van der Waals surface area contributed by atoms with Gasteiger partial charge in [-0.15, -0.1) is 11.3 Å². The molecule has 3 heterocycles. The lowest BCUT2D eigenvalue weighted by Gasteiger charge is -2.27. The van der Waals surface area contributed by atoms with Crippen LogP contribution in [0.5, 0.6) is 5.75 Å². The van der Waals surface area contributed by atoms with E-state index in [0.29, 0.717) is 47.6 Å². The van der Waals surface area contributed by atoms with E-state index in [1.807, 2.05) is 11.4 Å². The average molecular weight is 476 g/mol. The minimum absolute atomic E-state index is 0.0681. The summed E-state index contributed by atoms with van der Waals surface area (Å²) >= 11 is 1.40. The molecular formula is C22H25N3O5S2. The number of furan rings is 1. The van der Waals surface area contributed by atoms with Gasteiger partial charge < -0.3 is 14.5 Å². The first-order chi connectivity index (χ1) is 15.5. The van der Waals surface area contributed by atoms with Crippen molar-refractivity contribution in [1.82, 2.24) is 9.29 Å². The first kappa shape index (κ1) is 22.5. The molecule has 32 heavy (non-hydrogen) atoms. The standard InChI is InChI=1S/C22H25N3O5S2/c1-2-29-18-9-8-16(13-20(18)32(27,28)25-10-4-3-5-11-25)23-21(26)14-17-15-31-22(24-17)19-7-6-12-30-19/h6-9,12-13,15H,2-5,10-11,14H2,1H3,(H,23,26). The molecule has 0 radical (unpaired) electrons. The fraction of sp³-hybridized carbons (Fsp3) is 0.364. The highest BCUT2D eigenvalue weighted by Gasteiger charge is 2.29. The number of ether oxygens (including phenoxy) is 1. The van der Waals surface area contributed by atoms with Crippen molar-refractivity contribution < 1.29 is 22.4 Å². The molecule has 1 aliphatic rings. The number of carbonyl (C=O) groups excluding carboxylic acids is 1. The molecule has 4 rings (SSSR count). The molecule has 1 fully saturated rings. The van der Waals surface area contributed by atoms with E-state index in [0.717, 1.165) is 19.3 Å². The lowest BCUT2D eigenvalue weighted by Crippen LogP contribution is -2.35. The SMILES string of the molecule is CCOc1ccc(NC(=O)Cc2csc(-c3ccco3)n2)cc1S(=O)(=O)N1CCCCC1. The third-order valence-corrected chi connectivity index (χ3v) is 7.91. The van der Waals surface area contributed by atoms with E-state index in [2.05, 4.69) is 10.3 Å². The van der Waals surface area contributed by atoms with Crippen LogP contribution in [0.3, 0.4) is 0 Å². The molecular weight excluding hydrogens is 450 g/mol. The molecule has 10 heteroatoms. The van der Waals surface area contributed by atoms with E-state index >= 15 is 0 Å². The monoisotopic (exact) mass is 475 g/mol. The molecule has 0 spiro atoms. The van der Waals surface area contributed by atoms with Crippen molar-refractivity contribution in [2.24, 2.45) is 0 Å². The Morgan fingerprint density at radius 1 is 1.25 bits per heavy atom. The minimum atomic E-state index is -3.72. The molecule has 170 valence electrons. The Labute approximate surface area is 191 Å². The summed E-state index contributed by atoms with van der Waals surface area (Å²) in [6.45, 7) is 3.13. The normalized spacial score (nSPS) is 14.9. The zero-order valence-electron chi connectivity index (χ0n) is 17.7. The van der Waals surface area contributed by atoms with E-state index in [1.165, 1.54) is 21.7 Å². The first-order valence-electron chi connectivity index (χ1n) is 10.5. The Bertz CT molecular complexity index is 1170. The maximum Gasteiger partial charge on any atom is 0.246 e. The topological polar surface area (TPSA) is 102 Å². The largest absolute Gasteiger partial charge is 0.492 e. The number of hydrogen-bond donors (Lipinski definition) is 1. The molecule has 0 atom stereocenters. The van der Waals surface area contributed by atoms with Crippen LogP contribution >= 0.6 is 11.3 Å². The Kier molecular flexibility index (Phi) is 6.92. The van der Waals surface area contributed by atoms with Crippen LogP contribution in [0, 0.1) is 0 Å². The summed E-state index contributed by atoms with van der Waals surface area (Å²) in [6.07, 6.45) is 4.35. The molecule has 3 aromatic rings. The molecule has 0 unspecified atom stereocenters. The zero-order chi connectivity index (χ0) is 22.6. The average Bonchev–Trinajstić information content (AvgIpc) is 3.47. The molecule has 2 aromatic heterocycles. The van der Waals surface area contributed by atoms with Crippen LogP contribution in [0.1, 0.15) is 31.9 Å². The number of aromatic nitrogens is 1. The van der Waals surface area contributed by atoms with Gasteiger partial charge in [-0.3, -0.25) is 4.79 Å². The van der Waals surface area contributed by atoms with Crippen molar-refractivity contribution in [3.05, 3.63) is 47.7 Å². The summed E-state index contributed by atoms with van der Waals surface area (Å²) in [5.74, 6) is 0.658. The summed E-state index contributed by atoms with van der Waals surface area (Å²) in [4.78, 5) is 17.1. The highest BCUT2D eigenvalue weighted by molar-refractivity contribution is 7.89. The summed E-state index contributed by atoms with van der Waals surface area (Å²) in [7, 11) is -3.72. The second kappa shape index (κ2) is 9.85. The van der Waals surface area contributed by atoms with Crippen molar-refractivity contribution in [3.8, 4) is 16.5 Å². The molecule has 1 amide bonds. The van der Waals surface area contributed by atoms with Gasteiger partial charge in [0.1, 0.15) is 10.6 Å². The quantitative estimate of drug-likeness (QED) is 0.525. The minimum Gasteiger partial charge on any atom is -0.492 e. The van der Waals surface area contributed by atoms with Crippen molar-refractivity contribution in [2.75, 3.05) is 25.0 Å². The molecule has 1 aromatic carbocycles. The van der Waals surface area contributed by atoms with Crippen molar-refractivity contribution >= 4 is 33.0 Å². The number of sulfonamides is 1. The van der Waals surface area contributed by atoms with Gasteiger partial charge in [-0.25, -0.2) is 13.4 Å². The fourth-order valence-electron chi connectivity index (χ4n) is 3.58. The van der Waals surface area contributed by atoms with Crippen LogP contribution in [0.15, 0.2) is 51.3 Å². The Hall–Kier alpha value is -2.69. The molecule has 0 aliphatic carbocycles. The number of thiazole rings is 1. The van der Waals surface area contributed by atoms with Gasteiger partial charge in [0.15, 0.2) is 10.8 Å². The predicted octanol–water partition coefficient (Wildman–Crippen LogP) is 4.16. The van der Waals surface area contributed by atoms with E-state index in [-0.39, 0.29) is 17.2 Å². The highest BCUT2D eigenvalue weighted by Crippen LogP contribution is 2.31. The third kappa shape index (κ3) is 5.03. The Balaban J connectivity index is 1.51. The maximum atomic E-state index is 13.2. The van der Waals surface area contributed by atoms with E-state index in [1.54, 1.807) is 31.4 Å². The van der Waals surface area contributed by atoms with E-state index in [4.69, 9.17) is 9.15 Å². The van der Waals surface area contributed by atoms with Crippen LogP contribution < -0.4 is 10.1 Å². The highest BCUT2D eigenvalue weighted by atomic mass is 32.2. The number of anilines is 1. The van der Waals surface area contributed by atoms with Crippen LogP contribution in [0.2, 0.25) is 0 Å². The van der Waals surface area contributed by atoms with E-state index < -0.39 is 10.0 Å². The number of rotatable bonds is 8. The number of piperidine rings is 1. The van der Waals surface area contributed by atoms with Gasteiger partial charge in [0.25, 0.3) is 0 Å². The maximum absolute atomic E-state index is 13.2. The molecule has 1 N–H and O–H groups in total. The predicted molar refractivity (Wildman–Crippen MR) is 122 cm³/mol. The van der Waals surface area contributed by atoms with Gasteiger partial charge in [0, 0.05) is 24.2 Å². The van der Waals surface area contributed by atoms with Gasteiger partial charge in [-0.1, -0.05) is 6.42 Å². The third-order valence-electron chi connectivity index (χ3n) is 5.09. The molecule has 1 saturated heterocycles. The number of benzene rings is 1. The lowest BCUT2D eigenvalue weighted by molar-refractivity contribution is -0.115. The van der Waals surface area contributed by atoms with Crippen LogP contribution in [-0.2, 0) is 21.2 Å². The number of amides is 1. The smallest absolute Gasteiger partial charge is 0.246 e. The summed E-state index contributed by atoms with van der Waals surface area (Å²) < 4.78 is 38.9. The Morgan fingerprint density at radius 3 is 2.78 bits per heavy atom. The Morgan fingerprint density at radius 2 is 2.06 bits per heavy atom. The number of carbonyl (C=O) groups is 1. The molecule has 0 bridgehead atoms.